The summed E-state index contributed by atoms with van der Waals surface area (Å²) < 4.78 is 0. The van der Waals surface area contributed by atoms with E-state index in [1.54, 1.807) is 0 Å². The predicted octanol–water partition coefficient (Wildman–Crippen LogP) is -2.44. The van der Waals surface area contributed by atoms with Gasteiger partial charge < -0.3 is 42.7 Å². The lowest BCUT2D eigenvalue weighted by atomic mass is 10.0. The Balaban J connectivity index is 2.89. The van der Waals surface area contributed by atoms with Gasteiger partial charge in [-0.05, 0) is 31.0 Å². The Labute approximate surface area is 200 Å². The first-order valence-corrected chi connectivity index (χ1v) is 10.5. The van der Waals surface area contributed by atoms with E-state index in [4.69, 9.17) is 16.6 Å². The predicted molar refractivity (Wildman–Crippen MR) is 120 cm³/mol. The maximum Gasteiger partial charge on any atom is 0.326 e. The van der Waals surface area contributed by atoms with Gasteiger partial charge in [0.2, 0.25) is 23.6 Å². The highest BCUT2D eigenvalue weighted by Gasteiger charge is 2.29. The van der Waals surface area contributed by atoms with Gasteiger partial charge in [-0.1, -0.05) is 12.1 Å². The van der Waals surface area contributed by atoms with E-state index in [9.17, 15) is 39.0 Å². The number of carboxylic acids is 2. The average molecular weight is 495 g/mol. The number of benzene rings is 1. The molecule has 192 valence electrons. The molecule has 0 spiro atoms. The zero-order chi connectivity index (χ0) is 26.7. The number of primary amides is 1. The molecule has 1 aromatic rings. The van der Waals surface area contributed by atoms with Crippen molar-refractivity contribution >= 4 is 35.6 Å². The number of amides is 4. The van der Waals surface area contributed by atoms with Gasteiger partial charge in [0.25, 0.3) is 0 Å². The van der Waals surface area contributed by atoms with Gasteiger partial charge in [0.1, 0.15) is 23.9 Å². The van der Waals surface area contributed by atoms with Crippen molar-refractivity contribution in [2.75, 3.05) is 0 Å². The minimum Gasteiger partial charge on any atom is -0.508 e. The molecule has 35 heavy (non-hydrogen) atoms. The molecule has 0 heterocycles. The molecule has 0 aliphatic carbocycles. The number of hydrogen-bond donors (Lipinski definition) is 8. The molecule has 4 unspecified atom stereocenters. The summed E-state index contributed by atoms with van der Waals surface area (Å²) in [6.07, 6.45) is -1.48. The van der Waals surface area contributed by atoms with Crippen LogP contribution in [-0.2, 0) is 35.2 Å². The third-order valence-electron chi connectivity index (χ3n) is 4.78. The van der Waals surface area contributed by atoms with Crippen LogP contribution in [0, 0.1) is 0 Å². The SMILES string of the molecule is CC(NC(=O)C(N)CC(N)=O)C(=O)NC(CCC(=O)O)C(=O)NC(Cc1ccc(O)cc1)C(=O)O. The summed E-state index contributed by atoms with van der Waals surface area (Å²) in [5.41, 5.74) is 11.0. The molecule has 0 aliphatic rings. The van der Waals surface area contributed by atoms with Gasteiger partial charge >= 0.3 is 11.9 Å². The van der Waals surface area contributed by atoms with Crippen molar-refractivity contribution in [3.63, 3.8) is 0 Å². The standard InChI is InChI=1S/C21H29N5O9/c1-10(24-19(32)13(22)9-16(23)28)18(31)25-14(6-7-17(29)30)20(33)26-15(21(34)35)8-11-2-4-12(27)5-3-11/h2-5,10,13-15,27H,6-9,22H2,1H3,(H2,23,28)(H,24,32)(H,25,31)(H,26,33)(H,29,30)(H,34,35). The number of rotatable bonds is 14. The van der Waals surface area contributed by atoms with Crippen molar-refractivity contribution in [2.45, 2.75) is 56.8 Å². The van der Waals surface area contributed by atoms with E-state index in [0.29, 0.717) is 5.56 Å². The molecule has 0 aliphatic heterocycles. The quantitative estimate of drug-likeness (QED) is 0.135. The maximum atomic E-state index is 12.7. The Bertz CT molecular complexity index is 951. The Kier molecular flexibility index (Phi) is 11.1. The molecule has 0 aromatic heterocycles. The molecule has 1 aromatic carbocycles. The number of phenols is 1. The lowest BCUT2D eigenvalue weighted by molar-refractivity contribution is -0.143. The highest BCUT2D eigenvalue weighted by Crippen LogP contribution is 2.12. The summed E-state index contributed by atoms with van der Waals surface area (Å²) in [5.74, 6) is -6.16. The van der Waals surface area contributed by atoms with Gasteiger partial charge in [-0.3, -0.25) is 24.0 Å². The largest absolute Gasteiger partial charge is 0.508 e. The van der Waals surface area contributed by atoms with Crippen molar-refractivity contribution in [3.8, 4) is 5.75 Å². The molecule has 4 atom stereocenters. The van der Waals surface area contributed by atoms with Crippen LogP contribution < -0.4 is 27.4 Å². The van der Waals surface area contributed by atoms with Crippen LogP contribution in [-0.4, -0.2) is 75.1 Å². The van der Waals surface area contributed by atoms with Crippen LogP contribution in [0.2, 0.25) is 0 Å². The van der Waals surface area contributed by atoms with Crippen LogP contribution in [0.1, 0.15) is 31.7 Å². The van der Waals surface area contributed by atoms with E-state index in [1.807, 2.05) is 0 Å². The van der Waals surface area contributed by atoms with E-state index in [0.717, 1.165) is 0 Å². The molecule has 0 saturated heterocycles. The summed E-state index contributed by atoms with van der Waals surface area (Å²) in [6.45, 7) is 1.27. The Morgan fingerprint density at radius 1 is 0.886 bits per heavy atom. The number of carbonyl (C=O) groups is 6. The molecule has 14 heteroatoms. The highest BCUT2D eigenvalue weighted by molar-refractivity contribution is 5.95. The molecule has 4 amide bonds. The average Bonchev–Trinajstić information content (AvgIpc) is 2.76. The van der Waals surface area contributed by atoms with E-state index >= 15 is 0 Å². The second kappa shape index (κ2) is 13.5. The Morgan fingerprint density at radius 2 is 1.46 bits per heavy atom. The molecule has 0 bridgehead atoms. The first kappa shape index (κ1) is 28.8. The molecule has 14 nitrogen and oxygen atoms in total. The van der Waals surface area contributed by atoms with Crippen molar-refractivity contribution in [1.82, 2.24) is 16.0 Å². The van der Waals surface area contributed by atoms with Gasteiger partial charge in [0.15, 0.2) is 0 Å². The Morgan fingerprint density at radius 3 is 1.97 bits per heavy atom. The molecule has 0 saturated carbocycles. The molecule has 0 fully saturated rings. The highest BCUT2D eigenvalue weighted by atomic mass is 16.4. The van der Waals surface area contributed by atoms with Crippen molar-refractivity contribution in [2.24, 2.45) is 11.5 Å². The molecular weight excluding hydrogens is 466 g/mol. The van der Waals surface area contributed by atoms with Crippen LogP contribution in [0.25, 0.3) is 0 Å². The lowest BCUT2D eigenvalue weighted by Crippen LogP contribution is -2.56. The third kappa shape index (κ3) is 10.5. The number of aromatic hydroxyl groups is 1. The zero-order valence-electron chi connectivity index (χ0n) is 18.9. The van der Waals surface area contributed by atoms with Crippen LogP contribution in [0.4, 0.5) is 0 Å². The molecule has 10 N–H and O–H groups in total. The lowest BCUT2D eigenvalue weighted by Gasteiger charge is -2.23. The fraction of sp³-hybridized carbons (Fsp3) is 0.429. The minimum atomic E-state index is -1.43. The second-order valence-corrected chi connectivity index (χ2v) is 7.77. The Hall–Kier alpha value is -4.20. The summed E-state index contributed by atoms with van der Waals surface area (Å²) in [5, 5.41) is 34.6. The smallest absolute Gasteiger partial charge is 0.326 e. The summed E-state index contributed by atoms with van der Waals surface area (Å²) in [7, 11) is 0. The first-order chi connectivity index (χ1) is 16.3. The van der Waals surface area contributed by atoms with Crippen LogP contribution in [0.5, 0.6) is 5.75 Å². The van der Waals surface area contributed by atoms with Gasteiger partial charge in [0, 0.05) is 12.8 Å². The topological polar surface area (TPSA) is 251 Å². The van der Waals surface area contributed by atoms with Crippen LogP contribution >= 0.6 is 0 Å². The molecule has 0 radical (unpaired) electrons. The van der Waals surface area contributed by atoms with Crippen LogP contribution in [0.15, 0.2) is 24.3 Å². The normalized spacial score (nSPS) is 14.0. The van der Waals surface area contributed by atoms with Crippen molar-refractivity contribution in [1.29, 1.82) is 0 Å². The third-order valence-corrected chi connectivity index (χ3v) is 4.78. The summed E-state index contributed by atoms with van der Waals surface area (Å²) >= 11 is 0. The van der Waals surface area contributed by atoms with Crippen molar-refractivity contribution < 1.29 is 44.1 Å². The molecule has 1 rings (SSSR count). The number of aliphatic carboxylic acids is 2. The summed E-state index contributed by atoms with van der Waals surface area (Å²) in [4.78, 5) is 70.7. The van der Waals surface area contributed by atoms with Gasteiger partial charge in [-0.2, -0.15) is 0 Å². The van der Waals surface area contributed by atoms with E-state index in [-0.39, 0.29) is 18.6 Å². The molecular formula is C21H29N5O9. The maximum absolute atomic E-state index is 12.7. The zero-order valence-corrected chi connectivity index (χ0v) is 18.9. The number of hydrogen-bond acceptors (Lipinski definition) is 8. The minimum absolute atomic E-state index is 0.0297. The number of carbonyl (C=O) groups excluding carboxylic acids is 4. The van der Waals surface area contributed by atoms with E-state index < -0.39 is 72.6 Å². The fourth-order valence-electron chi connectivity index (χ4n) is 2.87. The van der Waals surface area contributed by atoms with E-state index in [1.165, 1.54) is 31.2 Å². The van der Waals surface area contributed by atoms with E-state index in [2.05, 4.69) is 16.0 Å². The van der Waals surface area contributed by atoms with Crippen molar-refractivity contribution in [3.05, 3.63) is 29.8 Å². The summed E-state index contributed by atoms with van der Waals surface area (Å²) in [6, 6.07) is 0.245. The fourth-order valence-corrected chi connectivity index (χ4v) is 2.87. The second-order valence-electron chi connectivity index (χ2n) is 7.77. The number of carboxylic acid groups (broad SMARTS) is 2. The van der Waals surface area contributed by atoms with Crippen LogP contribution in [0.3, 0.4) is 0 Å². The monoisotopic (exact) mass is 495 g/mol. The first-order valence-electron chi connectivity index (χ1n) is 10.5. The number of nitrogens with two attached hydrogens (primary N) is 2. The number of phenolic OH excluding ortho intramolecular Hbond substituents is 1. The van der Waals surface area contributed by atoms with Gasteiger partial charge in [0.05, 0.1) is 12.5 Å². The van der Waals surface area contributed by atoms with Gasteiger partial charge in [-0.25, -0.2) is 4.79 Å². The van der Waals surface area contributed by atoms with Gasteiger partial charge in [-0.15, -0.1) is 0 Å². The number of nitrogens with one attached hydrogen (secondary N) is 3.